The molecule has 2 rings (SSSR count). The van der Waals surface area contributed by atoms with Gasteiger partial charge in [0.1, 0.15) is 5.01 Å². The molecule has 0 bridgehead atoms. The lowest BCUT2D eigenvalue weighted by Gasteiger charge is -2.02. The van der Waals surface area contributed by atoms with Crippen molar-refractivity contribution in [3.8, 4) is 0 Å². The van der Waals surface area contributed by atoms with Gasteiger partial charge >= 0.3 is 0 Å². The van der Waals surface area contributed by atoms with Crippen molar-refractivity contribution in [2.24, 2.45) is 0 Å². The fourth-order valence-corrected chi connectivity index (χ4v) is 2.28. The second-order valence-corrected chi connectivity index (χ2v) is 5.35. The number of nitrogens with zero attached hydrogens (tertiary/aromatic N) is 1. The van der Waals surface area contributed by atoms with E-state index in [0.717, 1.165) is 23.1 Å². The van der Waals surface area contributed by atoms with Crippen LogP contribution in [0, 0.1) is 6.92 Å². The van der Waals surface area contributed by atoms with Gasteiger partial charge in [0.2, 0.25) is 0 Å². The summed E-state index contributed by atoms with van der Waals surface area (Å²) in [4.78, 5) is 5.55. The second kappa shape index (κ2) is 5.43. The number of nitrogens with one attached hydrogen (secondary N) is 1. The highest BCUT2D eigenvalue weighted by Gasteiger charge is 1.98. The number of halogens is 1. The third kappa shape index (κ3) is 3.30. The molecule has 0 saturated heterocycles. The van der Waals surface area contributed by atoms with Crippen molar-refractivity contribution >= 4 is 22.9 Å². The zero-order chi connectivity index (χ0) is 11.4. The minimum atomic E-state index is 0.777. The monoisotopic (exact) mass is 252 g/mol. The van der Waals surface area contributed by atoms with E-state index in [9.17, 15) is 0 Å². The third-order valence-electron chi connectivity index (χ3n) is 2.19. The standard InChI is InChI=1S/C12H13ClN2S/c1-9-6-15-12(16-9)8-14-7-10-2-4-11(13)5-3-10/h2-6,14H,7-8H2,1H3. The van der Waals surface area contributed by atoms with Crippen molar-refractivity contribution in [1.82, 2.24) is 10.3 Å². The highest BCUT2D eigenvalue weighted by molar-refractivity contribution is 7.11. The van der Waals surface area contributed by atoms with Crippen molar-refractivity contribution in [2.75, 3.05) is 0 Å². The van der Waals surface area contributed by atoms with Crippen LogP contribution in [-0.4, -0.2) is 4.98 Å². The van der Waals surface area contributed by atoms with E-state index in [0.29, 0.717) is 0 Å². The van der Waals surface area contributed by atoms with E-state index in [1.807, 2.05) is 30.5 Å². The Morgan fingerprint density at radius 1 is 1.25 bits per heavy atom. The van der Waals surface area contributed by atoms with Crippen molar-refractivity contribution in [2.45, 2.75) is 20.0 Å². The smallest absolute Gasteiger partial charge is 0.107 e. The van der Waals surface area contributed by atoms with Gasteiger partial charge in [-0.15, -0.1) is 11.3 Å². The fourth-order valence-electron chi connectivity index (χ4n) is 1.40. The Morgan fingerprint density at radius 3 is 2.62 bits per heavy atom. The first-order valence-corrected chi connectivity index (χ1v) is 6.30. The molecule has 4 heteroatoms. The minimum Gasteiger partial charge on any atom is -0.306 e. The topological polar surface area (TPSA) is 24.9 Å². The number of hydrogen-bond acceptors (Lipinski definition) is 3. The van der Waals surface area contributed by atoms with Crippen LogP contribution in [0.25, 0.3) is 0 Å². The van der Waals surface area contributed by atoms with Gasteiger partial charge in [0.05, 0.1) is 0 Å². The largest absolute Gasteiger partial charge is 0.306 e. The molecule has 0 aliphatic rings. The number of benzene rings is 1. The van der Waals surface area contributed by atoms with Gasteiger partial charge in [-0.25, -0.2) is 4.98 Å². The van der Waals surface area contributed by atoms with Crippen LogP contribution in [0.1, 0.15) is 15.4 Å². The van der Waals surface area contributed by atoms with E-state index in [-0.39, 0.29) is 0 Å². The lowest BCUT2D eigenvalue weighted by Crippen LogP contribution is -2.12. The van der Waals surface area contributed by atoms with E-state index in [1.165, 1.54) is 10.4 Å². The highest BCUT2D eigenvalue weighted by atomic mass is 35.5. The predicted octanol–water partition coefficient (Wildman–Crippen LogP) is 3.39. The maximum atomic E-state index is 5.82. The van der Waals surface area contributed by atoms with Crippen LogP contribution in [0.4, 0.5) is 0 Å². The van der Waals surface area contributed by atoms with E-state index in [1.54, 1.807) is 11.3 Å². The summed E-state index contributed by atoms with van der Waals surface area (Å²) < 4.78 is 0. The van der Waals surface area contributed by atoms with Gasteiger partial charge < -0.3 is 5.32 Å². The van der Waals surface area contributed by atoms with Gasteiger partial charge in [0.25, 0.3) is 0 Å². The fraction of sp³-hybridized carbons (Fsp3) is 0.250. The van der Waals surface area contributed by atoms with Crippen LogP contribution in [0.5, 0.6) is 0 Å². The Morgan fingerprint density at radius 2 is 2.00 bits per heavy atom. The number of aryl methyl sites for hydroxylation is 1. The average molecular weight is 253 g/mol. The van der Waals surface area contributed by atoms with E-state index in [2.05, 4.69) is 17.2 Å². The first-order chi connectivity index (χ1) is 7.74. The Kier molecular flexibility index (Phi) is 3.93. The van der Waals surface area contributed by atoms with Crippen LogP contribution < -0.4 is 5.32 Å². The van der Waals surface area contributed by atoms with Gasteiger partial charge in [-0.2, -0.15) is 0 Å². The maximum Gasteiger partial charge on any atom is 0.107 e. The Hall–Kier alpha value is -0.900. The Bertz CT molecular complexity index is 450. The summed E-state index contributed by atoms with van der Waals surface area (Å²) in [5.74, 6) is 0. The molecule has 16 heavy (non-hydrogen) atoms. The molecule has 0 unspecified atom stereocenters. The lowest BCUT2D eigenvalue weighted by atomic mass is 10.2. The molecule has 0 spiro atoms. The molecule has 1 aromatic carbocycles. The van der Waals surface area contributed by atoms with Gasteiger partial charge in [-0.3, -0.25) is 0 Å². The van der Waals surface area contributed by atoms with Crippen molar-refractivity contribution in [3.05, 3.63) is 50.9 Å². The summed E-state index contributed by atoms with van der Waals surface area (Å²) >= 11 is 7.55. The molecule has 0 aliphatic carbocycles. The summed E-state index contributed by atoms with van der Waals surface area (Å²) in [6.07, 6.45) is 1.91. The Labute approximate surface area is 104 Å². The molecule has 0 amide bonds. The first kappa shape index (κ1) is 11.6. The molecule has 84 valence electrons. The third-order valence-corrected chi connectivity index (χ3v) is 3.35. The summed E-state index contributed by atoms with van der Waals surface area (Å²) in [5, 5.41) is 5.26. The highest BCUT2D eigenvalue weighted by Crippen LogP contribution is 2.12. The zero-order valence-electron chi connectivity index (χ0n) is 9.03. The van der Waals surface area contributed by atoms with Gasteiger partial charge in [-0.1, -0.05) is 23.7 Å². The van der Waals surface area contributed by atoms with Gasteiger partial charge in [0, 0.05) is 29.2 Å². The summed E-state index contributed by atoms with van der Waals surface area (Å²) in [7, 11) is 0. The second-order valence-electron chi connectivity index (χ2n) is 3.59. The molecular formula is C12H13ClN2S. The van der Waals surface area contributed by atoms with Crippen molar-refractivity contribution in [3.63, 3.8) is 0 Å². The van der Waals surface area contributed by atoms with Crippen LogP contribution in [0.3, 0.4) is 0 Å². The van der Waals surface area contributed by atoms with Gasteiger partial charge in [-0.05, 0) is 24.6 Å². The molecule has 1 aromatic heterocycles. The predicted molar refractivity (Wildman–Crippen MR) is 68.8 cm³/mol. The number of hydrogen-bond donors (Lipinski definition) is 1. The molecule has 0 aliphatic heterocycles. The molecule has 2 nitrogen and oxygen atoms in total. The minimum absolute atomic E-state index is 0.777. The van der Waals surface area contributed by atoms with Crippen molar-refractivity contribution < 1.29 is 0 Å². The first-order valence-electron chi connectivity index (χ1n) is 5.10. The number of rotatable bonds is 4. The summed E-state index contributed by atoms with van der Waals surface area (Å²) in [6, 6.07) is 7.88. The van der Waals surface area contributed by atoms with E-state index < -0.39 is 0 Å². The summed E-state index contributed by atoms with van der Waals surface area (Å²) in [6.45, 7) is 3.73. The van der Waals surface area contributed by atoms with Crippen LogP contribution in [0.2, 0.25) is 5.02 Å². The molecule has 0 radical (unpaired) electrons. The quantitative estimate of drug-likeness (QED) is 0.902. The molecule has 1 N–H and O–H groups in total. The molecule has 1 heterocycles. The van der Waals surface area contributed by atoms with Crippen LogP contribution >= 0.6 is 22.9 Å². The van der Waals surface area contributed by atoms with Crippen molar-refractivity contribution in [1.29, 1.82) is 0 Å². The molecule has 0 saturated carbocycles. The Balaban J connectivity index is 1.82. The van der Waals surface area contributed by atoms with E-state index >= 15 is 0 Å². The SMILES string of the molecule is Cc1cnc(CNCc2ccc(Cl)cc2)s1. The summed E-state index contributed by atoms with van der Waals surface area (Å²) in [5.41, 5.74) is 1.23. The van der Waals surface area contributed by atoms with Crippen LogP contribution in [-0.2, 0) is 13.1 Å². The molecule has 2 aromatic rings. The molecule has 0 fully saturated rings. The average Bonchev–Trinajstić information content (AvgIpc) is 2.67. The van der Waals surface area contributed by atoms with E-state index in [4.69, 9.17) is 11.6 Å². The number of thiazole rings is 1. The van der Waals surface area contributed by atoms with Gasteiger partial charge in [0.15, 0.2) is 0 Å². The molecular weight excluding hydrogens is 240 g/mol. The lowest BCUT2D eigenvalue weighted by molar-refractivity contribution is 0.690. The molecule has 0 atom stereocenters. The maximum absolute atomic E-state index is 5.82. The zero-order valence-corrected chi connectivity index (χ0v) is 10.6. The number of aromatic nitrogens is 1. The van der Waals surface area contributed by atoms with Crippen LogP contribution in [0.15, 0.2) is 30.5 Å². The normalized spacial score (nSPS) is 10.6.